The van der Waals surface area contributed by atoms with Crippen molar-refractivity contribution >= 4 is 5.91 Å². The lowest BCUT2D eigenvalue weighted by Crippen LogP contribution is -2.35. The van der Waals surface area contributed by atoms with Crippen molar-refractivity contribution in [3.05, 3.63) is 47.1 Å². The van der Waals surface area contributed by atoms with E-state index in [0.717, 1.165) is 29.9 Å². The van der Waals surface area contributed by atoms with Crippen molar-refractivity contribution < 1.29 is 9.32 Å². The van der Waals surface area contributed by atoms with Gasteiger partial charge in [0.15, 0.2) is 0 Å². The third-order valence-electron chi connectivity index (χ3n) is 5.18. The maximum absolute atomic E-state index is 12.2. The molecule has 0 aromatic carbocycles. The molecule has 1 fully saturated rings. The fraction of sp³-hybridized carbons (Fsp3) is 0.500. The Morgan fingerprint density at radius 1 is 1.38 bits per heavy atom. The second-order valence-corrected chi connectivity index (χ2v) is 6.67. The molecule has 0 spiro atoms. The van der Waals surface area contributed by atoms with Gasteiger partial charge in [0.2, 0.25) is 5.91 Å². The number of rotatable bonds is 4. The molecule has 6 heteroatoms. The van der Waals surface area contributed by atoms with E-state index in [1.54, 1.807) is 6.20 Å². The minimum atomic E-state index is 0.00827. The van der Waals surface area contributed by atoms with Crippen molar-refractivity contribution in [2.45, 2.75) is 50.7 Å². The number of aromatic nitrogens is 2. The molecule has 0 bridgehead atoms. The van der Waals surface area contributed by atoms with E-state index in [2.05, 4.69) is 15.5 Å². The van der Waals surface area contributed by atoms with E-state index >= 15 is 0 Å². The summed E-state index contributed by atoms with van der Waals surface area (Å²) in [5, 5.41) is 7.78. The number of fused-ring (bicyclic) bond motifs is 1. The van der Waals surface area contributed by atoms with Crippen LogP contribution in [0.4, 0.5) is 0 Å². The summed E-state index contributed by atoms with van der Waals surface area (Å²) in [4.78, 5) is 18.2. The average molecular weight is 326 g/mol. The Labute approximate surface area is 141 Å². The number of carbonyl (C=O) groups is 1. The standard InChI is InChI=1S/C18H22N4O2/c1-22-17(23)9-14(18(22)12-5-4-8-19-10-12)20-11-15-13-6-2-3-7-16(13)24-21-15/h4-5,8,10,14,18,20H,2-3,6-7,9,11H2,1H3/t14-,18+/m1/s1. The number of likely N-dealkylation sites (tertiary alicyclic amines) is 1. The monoisotopic (exact) mass is 326 g/mol. The number of pyridine rings is 1. The van der Waals surface area contributed by atoms with E-state index in [0.29, 0.717) is 13.0 Å². The van der Waals surface area contributed by atoms with Crippen LogP contribution in [0.5, 0.6) is 0 Å². The van der Waals surface area contributed by atoms with Gasteiger partial charge >= 0.3 is 0 Å². The Bertz CT molecular complexity index is 728. The molecule has 1 saturated heterocycles. The largest absolute Gasteiger partial charge is 0.361 e. The van der Waals surface area contributed by atoms with Gasteiger partial charge in [-0.05, 0) is 30.9 Å². The van der Waals surface area contributed by atoms with Crippen molar-refractivity contribution in [1.82, 2.24) is 20.4 Å². The summed E-state index contributed by atoms with van der Waals surface area (Å²) in [5.41, 5.74) is 3.33. The predicted octanol–water partition coefficient (Wildman–Crippen LogP) is 2.01. The third-order valence-corrected chi connectivity index (χ3v) is 5.18. The fourth-order valence-electron chi connectivity index (χ4n) is 3.88. The summed E-state index contributed by atoms with van der Waals surface area (Å²) in [7, 11) is 1.86. The second-order valence-electron chi connectivity index (χ2n) is 6.67. The topological polar surface area (TPSA) is 71.3 Å². The Morgan fingerprint density at radius 2 is 2.25 bits per heavy atom. The highest BCUT2D eigenvalue weighted by Crippen LogP contribution is 2.32. The van der Waals surface area contributed by atoms with Gasteiger partial charge in [0.05, 0.1) is 6.04 Å². The quantitative estimate of drug-likeness (QED) is 0.930. The van der Waals surface area contributed by atoms with Crippen molar-refractivity contribution in [3.63, 3.8) is 0 Å². The molecule has 2 aromatic rings. The van der Waals surface area contributed by atoms with Gasteiger partial charge in [0, 0.05) is 50.4 Å². The average Bonchev–Trinajstić information content (AvgIpc) is 3.15. The summed E-state index contributed by atoms with van der Waals surface area (Å²) in [5.74, 6) is 1.20. The molecule has 1 amide bonds. The molecule has 2 aliphatic rings. The van der Waals surface area contributed by atoms with Crippen LogP contribution >= 0.6 is 0 Å². The van der Waals surface area contributed by atoms with Crippen LogP contribution in [0.25, 0.3) is 0 Å². The molecule has 1 N–H and O–H groups in total. The maximum atomic E-state index is 12.2. The van der Waals surface area contributed by atoms with E-state index in [1.165, 1.54) is 18.4 Å². The molecule has 0 saturated carbocycles. The summed E-state index contributed by atoms with van der Waals surface area (Å²) in [6, 6.07) is 4.01. The van der Waals surface area contributed by atoms with Gasteiger partial charge in [-0.3, -0.25) is 9.78 Å². The minimum Gasteiger partial charge on any atom is -0.361 e. The molecular formula is C18H22N4O2. The fourth-order valence-corrected chi connectivity index (χ4v) is 3.88. The first-order valence-corrected chi connectivity index (χ1v) is 8.59. The lowest BCUT2D eigenvalue weighted by atomic mass is 9.96. The number of aryl methyl sites for hydroxylation is 1. The van der Waals surface area contributed by atoms with Crippen LogP contribution in [0.2, 0.25) is 0 Å². The molecule has 0 unspecified atom stereocenters. The number of hydrogen-bond acceptors (Lipinski definition) is 5. The zero-order valence-electron chi connectivity index (χ0n) is 13.9. The van der Waals surface area contributed by atoms with Crippen molar-refractivity contribution in [2.75, 3.05) is 7.05 Å². The molecule has 2 aromatic heterocycles. The van der Waals surface area contributed by atoms with E-state index in [4.69, 9.17) is 4.52 Å². The first-order valence-electron chi connectivity index (χ1n) is 8.59. The molecule has 1 aliphatic heterocycles. The highest BCUT2D eigenvalue weighted by molar-refractivity contribution is 5.80. The molecule has 0 radical (unpaired) electrons. The van der Waals surface area contributed by atoms with E-state index in [-0.39, 0.29) is 18.0 Å². The highest BCUT2D eigenvalue weighted by Gasteiger charge is 2.38. The van der Waals surface area contributed by atoms with Crippen molar-refractivity contribution in [2.24, 2.45) is 0 Å². The minimum absolute atomic E-state index is 0.00827. The predicted molar refractivity (Wildman–Crippen MR) is 88.1 cm³/mol. The van der Waals surface area contributed by atoms with Crippen LogP contribution in [-0.2, 0) is 24.2 Å². The zero-order valence-corrected chi connectivity index (χ0v) is 13.9. The molecule has 1 aliphatic carbocycles. The van der Waals surface area contributed by atoms with Gasteiger partial charge in [-0.1, -0.05) is 11.2 Å². The van der Waals surface area contributed by atoms with Crippen LogP contribution in [-0.4, -0.2) is 34.0 Å². The van der Waals surface area contributed by atoms with Gasteiger partial charge in [-0.25, -0.2) is 0 Å². The molecule has 4 rings (SSSR count). The Kier molecular flexibility index (Phi) is 4.06. The van der Waals surface area contributed by atoms with E-state index in [1.807, 2.05) is 30.3 Å². The molecule has 2 atom stereocenters. The first-order chi connectivity index (χ1) is 11.7. The molecule has 126 valence electrons. The Morgan fingerprint density at radius 3 is 3.08 bits per heavy atom. The second kappa shape index (κ2) is 6.36. The smallest absolute Gasteiger partial charge is 0.224 e. The lowest BCUT2D eigenvalue weighted by Gasteiger charge is -2.25. The van der Waals surface area contributed by atoms with Crippen LogP contribution in [0, 0.1) is 0 Å². The van der Waals surface area contributed by atoms with Gasteiger partial charge in [-0.2, -0.15) is 0 Å². The number of nitrogens with one attached hydrogen (secondary N) is 1. The Balaban J connectivity index is 1.51. The summed E-state index contributed by atoms with van der Waals surface area (Å²) >= 11 is 0. The van der Waals surface area contributed by atoms with Gasteiger partial charge in [-0.15, -0.1) is 0 Å². The summed E-state index contributed by atoms with van der Waals surface area (Å²) in [6.07, 6.45) is 8.51. The molecule has 3 heterocycles. The first kappa shape index (κ1) is 15.3. The highest BCUT2D eigenvalue weighted by atomic mass is 16.5. The molecule has 24 heavy (non-hydrogen) atoms. The number of hydrogen-bond donors (Lipinski definition) is 1. The summed E-state index contributed by atoms with van der Waals surface area (Å²) in [6.45, 7) is 0.640. The van der Waals surface area contributed by atoms with Crippen LogP contribution in [0.3, 0.4) is 0 Å². The Hall–Kier alpha value is -2.21. The SMILES string of the molecule is CN1C(=O)C[C@@H](NCc2noc3c2CCCC3)[C@@H]1c1cccnc1. The van der Waals surface area contributed by atoms with Crippen molar-refractivity contribution in [3.8, 4) is 0 Å². The summed E-state index contributed by atoms with van der Waals surface area (Å²) < 4.78 is 5.48. The maximum Gasteiger partial charge on any atom is 0.224 e. The van der Waals surface area contributed by atoms with Crippen molar-refractivity contribution in [1.29, 1.82) is 0 Å². The van der Waals surface area contributed by atoms with E-state index in [9.17, 15) is 4.79 Å². The van der Waals surface area contributed by atoms with Gasteiger partial charge in [0.1, 0.15) is 11.5 Å². The lowest BCUT2D eigenvalue weighted by molar-refractivity contribution is -0.127. The molecule has 6 nitrogen and oxygen atoms in total. The van der Waals surface area contributed by atoms with Crippen LogP contribution in [0.1, 0.15) is 47.9 Å². The van der Waals surface area contributed by atoms with Crippen LogP contribution < -0.4 is 5.32 Å². The van der Waals surface area contributed by atoms with Gasteiger partial charge < -0.3 is 14.7 Å². The van der Waals surface area contributed by atoms with E-state index < -0.39 is 0 Å². The third kappa shape index (κ3) is 2.71. The molecular weight excluding hydrogens is 304 g/mol. The van der Waals surface area contributed by atoms with Gasteiger partial charge in [0.25, 0.3) is 0 Å². The number of nitrogens with zero attached hydrogens (tertiary/aromatic N) is 3. The normalized spacial score (nSPS) is 23.5. The number of carbonyl (C=O) groups excluding carboxylic acids is 1. The van der Waals surface area contributed by atoms with Crippen LogP contribution in [0.15, 0.2) is 29.0 Å². The number of likely N-dealkylation sites (N-methyl/N-ethyl adjacent to an activating group) is 1. The number of amides is 1. The zero-order chi connectivity index (χ0) is 16.5.